The Balaban J connectivity index is 1.88. The number of hydrogen-bond donors (Lipinski definition) is 2. The fraction of sp³-hybridized carbons (Fsp3) is 0.400. The Morgan fingerprint density at radius 3 is 2.90 bits per heavy atom. The fourth-order valence-electron chi connectivity index (χ4n) is 2.71. The molecule has 110 valence electrons. The Labute approximate surface area is 122 Å². The van der Waals surface area contributed by atoms with Crippen molar-refractivity contribution >= 4 is 11.9 Å². The molecule has 0 bridgehead atoms. The van der Waals surface area contributed by atoms with Gasteiger partial charge < -0.3 is 11.1 Å². The first kappa shape index (κ1) is 13.7. The van der Waals surface area contributed by atoms with E-state index < -0.39 is 6.17 Å². The van der Waals surface area contributed by atoms with E-state index in [4.69, 9.17) is 5.73 Å². The van der Waals surface area contributed by atoms with Crippen LogP contribution in [0.25, 0.3) is 0 Å². The van der Waals surface area contributed by atoms with E-state index in [1.807, 2.05) is 12.1 Å². The van der Waals surface area contributed by atoms with Gasteiger partial charge in [0, 0.05) is 0 Å². The molecule has 0 saturated carbocycles. The van der Waals surface area contributed by atoms with Crippen molar-refractivity contribution < 1.29 is 4.39 Å². The van der Waals surface area contributed by atoms with Gasteiger partial charge in [-0.3, -0.25) is 0 Å². The third kappa shape index (κ3) is 2.94. The van der Waals surface area contributed by atoms with Gasteiger partial charge >= 0.3 is 0 Å². The molecule has 3 rings (SSSR count). The van der Waals surface area contributed by atoms with Crippen molar-refractivity contribution in [3.8, 4) is 0 Å². The number of rotatable bonds is 3. The molecule has 2 atom stereocenters. The number of aromatic nitrogens is 3. The third-order valence-electron chi connectivity index (χ3n) is 3.70. The van der Waals surface area contributed by atoms with Gasteiger partial charge in [-0.1, -0.05) is 24.3 Å². The average Bonchev–Trinajstić information content (AvgIpc) is 2.47. The molecule has 1 aliphatic carbocycles. The number of benzene rings is 1. The van der Waals surface area contributed by atoms with E-state index in [2.05, 4.69) is 32.4 Å². The normalized spacial score (nSPS) is 18.9. The first-order chi connectivity index (χ1) is 10.1. The average molecular weight is 287 g/mol. The molecule has 0 aliphatic heterocycles. The lowest BCUT2D eigenvalue weighted by Crippen LogP contribution is -2.19. The van der Waals surface area contributed by atoms with Crippen molar-refractivity contribution in [1.82, 2.24) is 15.0 Å². The largest absolute Gasteiger partial charge is 0.368 e. The number of nitrogens with one attached hydrogen (secondary N) is 1. The molecule has 1 aromatic carbocycles. The van der Waals surface area contributed by atoms with Crippen LogP contribution in [0.1, 0.15) is 48.9 Å². The number of alkyl halides is 1. The SMILES string of the molecule is C[C@@H](F)c1nc(N)nc(N[C@@H]2CCCc3ccccc32)n1. The minimum absolute atomic E-state index is 0.0381. The van der Waals surface area contributed by atoms with Crippen LogP contribution in [0.15, 0.2) is 24.3 Å². The van der Waals surface area contributed by atoms with Crippen molar-refractivity contribution in [3.63, 3.8) is 0 Å². The summed E-state index contributed by atoms with van der Waals surface area (Å²) >= 11 is 0. The number of hydrogen-bond acceptors (Lipinski definition) is 5. The van der Waals surface area contributed by atoms with E-state index in [0.717, 1.165) is 19.3 Å². The zero-order chi connectivity index (χ0) is 14.8. The molecule has 0 radical (unpaired) electrons. The lowest BCUT2D eigenvalue weighted by atomic mass is 9.88. The van der Waals surface area contributed by atoms with Crippen molar-refractivity contribution in [2.24, 2.45) is 0 Å². The summed E-state index contributed by atoms with van der Waals surface area (Å²) < 4.78 is 13.4. The van der Waals surface area contributed by atoms with Crippen LogP contribution in [0, 0.1) is 0 Å². The maximum atomic E-state index is 13.4. The number of fused-ring (bicyclic) bond motifs is 1. The second-order valence-electron chi connectivity index (χ2n) is 5.28. The molecule has 0 fully saturated rings. The van der Waals surface area contributed by atoms with Gasteiger partial charge in [-0.25, -0.2) is 4.39 Å². The van der Waals surface area contributed by atoms with E-state index in [1.165, 1.54) is 18.1 Å². The molecular weight excluding hydrogens is 269 g/mol. The smallest absolute Gasteiger partial charge is 0.228 e. The van der Waals surface area contributed by atoms with Crippen LogP contribution >= 0.6 is 0 Å². The molecule has 2 aromatic rings. The highest BCUT2D eigenvalue weighted by molar-refractivity contribution is 5.40. The van der Waals surface area contributed by atoms with Crippen LogP contribution in [0.2, 0.25) is 0 Å². The molecule has 6 heteroatoms. The second kappa shape index (κ2) is 5.63. The van der Waals surface area contributed by atoms with Crippen molar-refractivity contribution in [1.29, 1.82) is 0 Å². The summed E-state index contributed by atoms with van der Waals surface area (Å²) in [5, 5.41) is 3.26. The van der Waals surface area contributed by atoms with Crippen LogP contribution in [-0.2, 0) is 6.42 Å². The molecule has 0 spiro atoms. The number of nitrogens with two attached hydrogens (primary N) is 1. The molecule has 1 aliphatic rings. The summed E-state index contributed by atoms with van der Waals surface area (Å²) in [4.78, 5) is 12.0. The lowest BCUT2D eigenvalue weighted by Gasteiger charge is -2.26. The summed E-state index contributed by atoms with van der Waals surface area (Å²) in [5.74, 6) is 0.439. The van der Waals surface area contributed by atoms with Gasteiger partial charge in [-0.05, 0) is 37.3 Å². The van der Waals surface area contributed by atoms with E-state index >= 15 is 0 Å². The van der Waals surface area contributed by atoms with Gasteiger partial charge in [-0.2, -0.15) is 15.0 Å². The van der Waals surface area contributed by atoms with Crippen molar-refractivity contribution in [2.45, 2.75) is 38.4 Å². The topological polar surface area (TPSA) is 76.7 Å². The summed E-state index contributed by atoms with van der Waals surface area (Å²) in [6.45, 7) is 1.38. The fourth-order valence-corrected chi connectivity index (χ4v) is 2.71. The Morgan fingerprint density at radius 1 is 1.29 bits per heavy atom. The second-order valence-corrected chi connectivity index (χ2v) is 5.28. The molecule has 3 N–H and O–H groups in total. The minimum atomic E-state index is -1.27. The summed E-state index contributed by atoms with van der Waals surface area (Å²) in [6, 6.07) is 8.44. The Hall–Kier alpha value is -2.24. The maximum absolute atomic E-state index is 13.4. The van der Waals surface area contributed by atoms with E-state index in [1.54, 1.807) is 0 Å². The zero-order valence-electron chi connectivity index (χ0n) is 11.9. The van der Waals surface area contributed by atoms with Gasteiger partial charge in [0.25, 0.3) is 0 Å². The van der Waals surface area contributed by atoms with Crippen molar-refractivity contribution in [2.75, 3.05) is 11.1 Å². The maximum Gasteiger partial charge on any atom is 0.228 e. The molecule has 0 saturated heterocycles. The van der Waals surface area contributed by atoms with E-state index in [-0.39, 0.29) is 17.8 Å². The number of aryl methyl sites for hydroxylation is 1. The first-order valence-corrected chi connectivity index (χ1v) is 7.13. The summed E-state index contributed by atoms with van der Waals surface area (Å²) in [5.41, 5.74) is 8.21. The molecular formula is C15H18FN5. The molecule has 5 nitrogen and oxygen atoms in total. The number of nitrogen functional groups attached to an aromatic ring is 1. The summed E-state index contributed by atoms with van der Waals surface area (Å²) in [7, 11) is 0. The molecule has 21 heavy (non-hydrogen) atoms. The van der Waals surface area contributed by atoms with Gasteiger partial charge in [-0.15, -0.1) is 0 Å². The van der Waals surface area contributed by atoms with Gasteiger partial charge in [0.1, 0.15) is 0 Å². The molecule has 0 amide bonds. The number of anilines is 2. The van der Waals surface area contributed by atoms with E-state index in [9.17, 15) is 4.39 Å². The highest BCUT2D eigenvalue weighted by atomic mass is 19.1. The standard InChI is InChI=1S/C15H18FN5/c1-9(16)13-19-14(17)21-15(20-13)18-12-8-4-6-10-5-2-3-7-11(10)12/h2-3,5,7,9,12H,4,6,8H2,1H3,(H3,17,18,19,20,21)/t9-,12-/m1/s1. The third-order valence-corrected chi connectivity index (χ3v) is 3.70. The van der Waals surface area contributed by atoms with Gasteiger partial charge in [0.15, 0.2) is 12.0 Å². The van der Waals surface area contributed by atoms with Crippen LogP contribution < -0.4 is 11.1 Å². The molecule has 0 unspecified atom stereocenters. The number of nitrogens with zero attached hydrogens (tertiary/aromatic N) is 3. The van der Waals surface area contributed by atoms with Crippen LogP contribution in [-0.4, -0.2) is 15.0 Å². The highest BCUT2D eigenvalue weighted by Crippen LogP contribution is 2.31. The van der Waals surface area contributed by atoms with Gasteiger partial charge in [0.05, 0.1) is 6.04 Å². The monoisotopic (exact) mass is 287 g/mol. The Morgan fingerprint density at radius 2 is 2.10 bits per heavy atom. The lowest BCUT2D eigenvalue weighted by molar-refractivity contribution is 0.356. The van der Waals surface area contributed by atoms with Crippen molar-refractivity contribution in [3.05, 3.63) is 41.2 Å². The van der Waals surface area contributed by atoms with Crippen LogP contribution in [0.3, 0.4) is 0 Å². The predicted molar refractivity (Wildman–Crippen MR) is 79.5 cm³/mol. The zero-order valence-corrected chi connectivity index (χ0v) is 11.9. The highest BCUT2D eigenvalue weighted by Gasteiger charge is 2.21. The summed E-state index contributed by atoms with van der Waals surface area (Å²) in [6.07, 6.45) is 1.90. The molecule has 1 heterocycles. The Bertz CT molecular complexity index is 644. The van der Waals surface area contributed by atoms with Gasteiger partial charge in [0.2, 0.25) is 11.9 Å². The van der Waals surface area contributed by atoms with Crippen LogP contribution in [0.4, 0.5) is 16.3 Å². The quantitative estimate of drug-likeness (QED) is 0.907. The number of halogens is 1. The molecule has 1 aromatic heterocycles. The minimum Gasteiger partial charge on any atom is -0.368 e. The van der Waals surface area contributed by atoms with E-state index in [0.29, 0.717) is 5.95 Å². The van der Waals surface area contributed by atoms with Crippen LogP contribution in [0.5, 0.6) is 0 Å². The Kier molecular flexibility index (Phi) is 3.68. The first-order valence-electron chi connectivity index (χ1n) is 7.13. The predicted octanol–water partition coefficient (Wildman–Crippen LogP) is 2.97.